The number of ether oxygens (including phenoxy) is 1. The van der Waals surface area contributed by atoms with Gasteiger partial charge in [-0.25, -0.2) is 0 Å². The normalized spacial score (nSPS) is 14.4. The number of morpholine rings is 1. The van der Waals surface area contributed by atoms with E-state index < -0.39 is 6.04 Å². The van der Waals surface area contributed by atoms with Gasteiger partial charge in [-0.2, -0.15) is 0 Å². The largest absolute Gasteiger partial charge is 0.378 e. The fourth-order valence-corrected chi connectivity index (χ4v) is 3.53. The molecule has 170 valence electrons. The summed E-state index contributed by atoms with van der Waals surface area (Å²) in [6, 6.07) is 14.0. The maximum atomic E-state index is 12.6. The van der Waals surface area contributed by atoms with E-state index in [-0.39, 0.29) is 24.3 Å². The molecule has 0 aliphatic carbocycles. The number of anilines is 2. The van der Waals surface area contributed by atoms with E-state index in [1.807, 2.05) is 37.3 Å². The van der Waals surface area contributed by atoms with Crippen molar-refractivity contribution >= 4 is 29.1 Å². The summed E-state index contributed by atoms with van der Waals surface area (Å²) in [6.45, 7) is 6.50. The Morgan fingerprint density at radius 2 is 1.78 bits per heavy atom. The van der Waals surface area contributed by atoms with Gasteiger partial charge in [0.2, 0.25) is 11.8 Å². The molecular formula is C24H30N4O4. The third kappa shape index (κ3) is 6.31. The van der Waals surface area contributed by atoms with Gasteiger partial charge in [0.05, 0.1) is 19.8 Å². The van der Waals surface area contributed by atoms with Crippen molar-refractivity contribution in [1.29, 1.82) is 0 Å². The summed E-state index contributed by atoms with van der Waals surface area (Å²) in [4.78, 5) is 40.9. The molecule has 0 spiro atoms. The number of hydrogen-bond acceptors (Lipinski definition) is 5. The van der Waals surface area contributed by atoms with E-state index in [1.165, 1.54) is 4.90 Å². The fraction of sp³-hybridized carbons (Fsp3) is 0.375. The van der Waals surface area contributed by atoms with Gasteiger partial charge in [-0.1, -0.05) is 17.7 Å². The van der Waals surface area contributed by atoms with Gasteiger partial charge in [0.1, 0.15) is 6.04 Å². The molecule has 0 bridgehead atoms. The standard InChI is InChI=1S/C24H30N4O4/c1-17-5-4-6-19(15-17)23(30)25-18(2)24(31)27(3)16-22(29)26-20-7-9-21(10-8-20)28-11-13-32-14-12-28/h4-10,15,18H,11-14,16H2,1-3H3,(H,25,30)(H,26,29). The van der Waals surface area contributed by atoms with Crippen LogP contribution in [0.2, 0.25) is 0 Å². The Bertz CT molecular complexity index is 955. The molecule has 2 aromatic rings. The van der Waals surface area contributed by atoms with Crippen LogP contribution in [0.15, 0.2) is 48.5 Å². The summed E-state index contributed by atoms with van der Waals surface area (Å²) < 4.78 is 5.36. The summed E-state index contributed by atoms with van der Waals surface area (Å²) in [7, 11) is 1.54. The highest BCUT2D eigenvalue weighted by Gasteiger charge is 2.22. The molecule has 8 heteroatoms. The number of aryl methyl sites for hydroxylation is 1. The predicted octanol–water partition coefficient (Wildman–Crippen LogP) is 2.05. The second-order valence-electron chi connectivity index (χ2n) is 7.95. The first-order chi connectivity index (χ1) is 15.3. The van der Waals surface area contributed by atoms with Crippen LogP contribution in [0.25, 0.3) is 0 Å². The minimum Gasteiger partial charge on any atom is -0.378 e. The Kier molecular flexibility index (Phi) is 7.83. The lowest BCUT2D eigenvalue weighted by Crippen LogP contribution is -2.47. The van der Waals surface area contributed by atoms with Crippen molar-refractivity contribution in [3.8, 4) is 0 Å². The van der Waals surface area contributed by atoms with Crippen LogP contribution in [0.3, 0.4) is 0 Å². The van der Waals surface area contributed by atoms with E-state index in [9.17, 15) is 14.4 Å². The van der Waals surface area contributed by atoms with Crippen LogP contribution in [0.4, 0.5) is 11.4 Å². The van der Waals surface area contributed by atoms with Crippen molar-refractivity contribution in [1.82, 2.24) is 10.2 Å². The lowest BCUT2D eigenvalue weighted by molar-refractivity contribution is -0.134. The maximum absolute atomic E-state index is 12.6. The Hall–Kier alpha value is -3.39. The van der Waals surface area contributed by atoms with E-state index in [0.717, 1.165) is 24.3 Å². The van der Waals surface area contributed by atoms with E-state index in [4.69, 9.17) is 4.74 Å². The third-order valence-corrected chi connectivity index (χ3v) is 5.28. The Balaban J connectivity index is 1.48. The zero-order chi connectivity index (χ0) is 23.1. The summed E-state index contributed by atoms with van der Waals surface area (Å²) in [5.74, 6) is -0.978. The lowest BCUT2D eigenvalue weighted by atomic mass is 10.1. The van der Waals surface area contributed by atoms with Crippen molar-refractivity contribution in [2.24, 2.45) is 0 Å². The molecule has 3 rings (SSSR count). The number of benzene rings is 2. The van der Waals surface area contributed by atoms with E-state index in [0.29, 0.717) is 24.5 Å². The average Bonchev–Trinajstić information content (AvgIpc) is 2.79. The molecule has 1 aliphatic rings. The molecule has 1 fully saturated rings. The van der Waals surface area contributed by atoms with Crippen molar-refractivity contribution in [2.45, 2.75) is 19.9 Å². The number of nitrogens with one attached hydrogen (secondary N) is 2. The molecule has 32 heavy (non-hydrogen) atoms. The van der Waals surface area contributed by atoms with Crippen molar-refractivity contribution < 1.29 is 19.1 Å². The highest BCUT2D eigenvalue weighted by molar-refractivity contribution is 5.99. The minimum absolute atomic E-state index is 0.116. The maximum Gasteiger partial charge on any atom is 0.251 e. The number of carbonyl (C=O) groups excluding carboxylic acids is 3. The number of likely N-dealkylation sites (N-methyl/N-ethyl adjacent to an activating group) is 1. The van der Waals surface area contributed by atoms with Gasteiger partial charge < -0.3 is 25.2 Å². The van der Waals surface area contributed by atoms with Gasteiger partial charge in [0.25, 0.3) is 5.91 Å². The Morgan fingerprint density at radius 1 is 1.09 bits per heavy atom. The lowest BCUT2D eigenvalue weighted by Gasteiger charge is -2.29. The van der Waals surface area contributed by atoms with Gasteiger partial charge in [-0.15, -0.1) is 0 Å². The minimum atomic E-state index is -0.756. The summed E-state index contributed by atoms with van der Waals surface area (Å²) >= 11 is 0. The summed E-state index contributed by atoms with van der Waals surface area (Å²) in [5.41, 5.74) is 3.19. The number of rotatable bonds is 7. The van der Waals surface area contributed by atoms with Crippen molar-refractivity contribution in [3.63, 3.8) is 0 Å². The van der Waals surface area contributed by atoms with Crippen LogP contribution < -0.4 is 15.5 Å². The first-order valence-electron chi connectivity index (χ1n) is 10.7. The molecule has 1 unspecified atom stereocenters. The van der Waals surface area contributed by atoms with Gasteiger partial charge in [-0.3, -0.25) is 14.4 Å². The number of hydrogen-bond donors (Lipinski definition) is 2. The molecule has 1 heterocycles. The quantitative estimate of drug-likeness (QED) is 0.691. The second-order valence-corrected chi connectivity index (χ2v) is 7.95. The summed E-state index contributed by atoms with van der Waals surface area (Å²) in [6.07, 6.45) is 0. The molecule has 3 amide bonds. The zero-order valence-electron chi connectivity index (χ0n) is 18.8. The number of amides is 3. The highest BCUT2D eigenvalue weighted by Crippen LogP contribution is 2.19. The number of nitrogens with zero attached hydrogens (tertiary/aromatic N) is 2. The van der Waals surface area contributed by atoms with Gasteiger partial charge in [0, 0.05) is 37.1 Å². The third-order valence-electron chi connectivity index (χ3n) is 5.28. The molecule has 1 atom stereocenters. The summed E-state index contributed by atoms with van der Waals surface area (Å²) in [5, 5.41) is 5.50. The number of carbonyl (C=O) groups is 3. The Labute approximate surface area is 188 Å². The van der Waals surface area contributed by atoms with Crippen LogP contribution in [-0.4, -0.2) is 68.6 Å². The fourth-order valence-electron chi connectivity index (χ4n) is 3.53. The topological polar surface area (TPSA) is 91.0 Å². The van der Waals surface area contributed by atoms with Crippen LogP contribution in [0, 0.1) is 6.92 Å². The zero-order valence-corrected chi connectivity index (χ0v) is 18.8. The predicted molar refractivity (Wildman–Crippen MR) is 124 cm³/mol. The first-order valence-corrected chi connectivity index (χ1v) is 10.7. The SMILES string of the molecule is Cc1cccc(C(=O)NC(C)C(=O)N(C)CC(=O)Nc2ccc(N3CCOCC3)cc2)c1. The van der Waals surface area contributed by atoms with Crippen molar-refractivity contribution in [3.05, 3.63) is 59.7 Å². The second kappa shape index (κ2) is 10.8. The van der Waals surface area contributed by atoms with Gasteiger partial charge in [0.15, 0.2) is 0 Å². The Morgan fingerprint density at radius 3 is 2.44 bits per heavy atom. The van der Waals surface area contributed by atoms with Crippen molar-refractivity contribution in [2.75, 3.05) is 50.1 Å². The molecule has 1 aliphatic heterocycles. The average molecular weight is 439 g/mol. The van der Waals surface area contributed by atoms with Crippen LogP contribution >= 0.6 is 0 Å². The van der Waals surface area contributed by atoms with E-state index in [2.05, 4.69) is 15.5 Å². The van der Waals surface area contributed by atoms with E-state index in [1.54, 1.807) is 32.2 Å². The highest BCUT2D eigenvalue weighted by atomic mass is 16.5. The van der Waals surface area contributed by atoms with Crippen LogP contribution in [0.1, 0.15) is 22.8 Å². The molecule has 0 radical (unpaired) electrons. The molecular weight excluding hydrogens is 408 g/mol. The van der Waals surface area contributed by atoms with Gasteiger partial charge >= 0.3 is 0 Å². The molecule has 2 aromatic carbocycles. The molecule has 1 saturated heterocycles. The van der Waals surface area contributed by atoms with Crippen LogP contribution in [-0.2, 0) is 14.3 Å². The molecule has 8 nitrogen and oxygen atoms in total. The van der Waals surface area contributed by atoms with E-state index >= 15 is 0 Å². The van der Waals surface area contributed by atoms with Crippen LogP contribution in [0.5, 0.6) is 0 Å². The molecule has 0 aromatic heterocycles. The smallest absolute Gasteiger partial charge is 0.251 e. The monoisotopic (exact) mass is 438 g/mol. The first kappa shape index (κ1) is 23.3. The molecule has 0 saturated carbocycles. The molecule has 2 N–H and O–H groups in total. The van der Waals surface area contributed by atoms with Gasteiger partial charge in [-0.05, 0) is 50.2 Å².